The molecule has 0 saturated heterocycles. The van der Waals surface area contributed by atoms with Crippen molar-refractivity contribution in [2.24, 2.45) is 0 Å². The summed E-state index contributed by atoms with van der Waals surface area (Å²) in [7, 11) is 0. The zero-order chi connectivity index (χ0) is 14.5. The van der Waals surface area contributed by atoms with Crippen LogP contribution in [-0.2, 0) is 6.54 Å². The fraction of sp³-hybridized carbons (Fsp3) is 0.312. The van der Waals surface area contributed by atoms with E-state index in [9.17, 15) is 0 Å². The molecule has 0 saturated carbocycles. The molecule has 0 amide bonds. The van der Waals surface area contributed by atoms with Crippen LogP contribution >= 0.6 is 0 Å². The first kappa shape index (κ1) is 13.5. The molecule has 0 radical (unpaired) electrons. The molecule has 0 spiro atoms. The molecule has 3 rings (SSSR count). The van der Waals surface area contributed by atoms with Crippen LogP contribution in [0.3, 0.4) is 0 Å². The highest BCUT2D eigenvalue weighted by molar-refractivity contribution is 5.47. The molecule has 1 aliphatic heterocycles. The molecule has 0 unspecified atom stereocenters. The van der Waals surface area contributed by atoms with Gasteiger partial charge in [-0.1, -0.05) is 19.1 Å². The molecular weight excluding hydrogens is 266 g/mol. The first-order valence-electron chi connectivity index (χ1n) is 7.18. The average Bonchev–Trinajstić information content (AvgIpc) is 2.99. The summed E-state index contributed by atoms with van der Waals surface area (Å²) in [6, 6.07) is 11.9. The number of rotatable bonds is 6. The van der Waals surface area contributed by atoms with Crippen molar-refractivity contribution in [1.29, 1.82) is 0 Å². The number of fused-ring (bicyclic) bond motifs is 1. The lowest BCUT2D eigenvalue weighted by Crippen LogP contribution is -2.05. The Kier molecular flexibility index (Phi) is 4.09. The highest BCUT2D eigenvalue weighted by Gasteiger charge is 2.12. The maximum absolute atomic E-state index is 5.38. The Morgan fingerprint density at radius 1 is 1.05 bits per heavy atom. The molecule has 2 aromatic rings. The van der Waals surface area contributed by atoms with E-state index in [2.05, 4.69) is 22.5 Å². The molecule has 5 nitrogen and oxygen atoms in total. The molecule has 1 aliphatic rings. The van der Waals surface area contributed by atoms with Crippen LogP contribution in [0.5, 0.6) is 11.5 Å². The average molecular weight is 285 g/mol. The van der Waals surface area contributed by atoms with Crippen molar-refractivity contribution in [1.82, 2.24) is 4.98 Å². The molecule has 21 heavy (non-hydrogen) atoms. The van der Waals surface area contributed by atoms with Crippen LogP contribution in [-0.4, -0.2) is 18.3 Å². The summed E-state index contributed by atoms with van der Waals surface area (Å²) in [5.74, 6) is 3.37. The molecule has 0 bridgehead atoms. The molecular formula is C16H19N3O2. The number of anilines is 2. The Labute approximate surface area is 124 Å². The van der Waals surface area contributed by atoms with Gasteiger partial charge in [0, 0.05) is 13.1 Å². The second-order valence-electron chi connectivity index (χ2n) is 4.88. The zero-order valence-corrected chi connectivity index (χ0v) is 12.1. The smallest absolute Gasteiger partial charge is 0.231 e. The number of hydrogen-bond donors (Lipinski definition) is 2. The standard InChI is InChI=1S/C16H19N3O2/c1-2-8-17-15-4-3-5-16(19-15)18-10-12-6-7-13-14(9-12)21-11-20-13/h3-7,9H,2,8,10-11H2,1H3,(H2,17,18,19). The minimum Gasteiger partial charge on any atom is -0.454 e. The maximum atomic E-state index is 5.38. The van der Waals surface area contributed by atoms with Crippen LogP contribution in [0, 0.1) is 0 Å². The molecule has 2 heterocycles. The van der Waals surface area contributed by atoms with Gasteiger partial charge < -0.3 is 20.1 Å². The number of benzene rings is 1. The van der Waals surface area contributed by atoms with Gasteiger partial charge in [-0.2, -0.15) is 0 Å². The summed E-state index contributed by atoms with van der Waals surface area (Å²) in [5, 5.41) is 6.60. The van der Waals surface area contributed by atoms with E-state index in [1.54, 1.807) is 0 Å². The van der Waals surface area contributed by atoms with Gasteiger partial charge in [-0.3, -0.25) is 0 Å². The lowest BCUT2D eigenvalue weighted by atomic mass is 10.2. The summed E-state index contributed by atoms with van der Waals surface area (Å²) in [5.41, 5.74) is 1.13. The predicted molar refractivity (Wildman–Crippen MR) is 82.9 cm³/mol. The zero-order valence-electron chi connectivity index (χ0n) is 12.1. The molecule has 110 valence electrons. The summed E-state index contributed by atoms with van der Waals surface area (Å²) in [4.78, 5) is 4.52. The lowest BCUT2D eigenvalue weighted by Gasteiger charge is -2.09. The van der Waals surface area contributed by atoms with Gasteiger partial charge in [0.1, 0.15) is 11.6 Å². The van der Waals surface area contributed by atoms with Gasteiger partial charge in [-0.05, 0) is 36.2 Å². The van der Waals surface area contributed by atoms with Crippen molar-refractivity contribution >= 4 is 11.6 Å². The Hall–Kier alpha value is -2.43. The normalized spacial score (nSPS) is 12.2. The summed E-state index contributed by atoms with van der Waals surface area (Å²) in [6.45, 7) is 4.06. The fourth-order valence-electron chi connectivity index (χ4n) is 2.13. The summed E-state index contributed by atoms with van der Waals surface area (Å²) >= 11 is 0. The van der Waals surface area contributed by atoms with Crippen LogP contribution in [0.4, 0.5) is 11.6 Å². The van der Waals surface area contributed by atoms with E-state index in [1.807, 2.05) is 36.4 Å². The molecule has 1 aromatic carbocycles. The number of nitrogens with zero attached hydrogens (tertiary/aromatic N) is 1. The monoisotopic (exact) mass is 285 g/mol. The van der Waals surface area contributed by atoms with Crippen molar-refractivity contribution < 1.29 is 9.47 Å². The lowest BCUT2D eigenvalue weighted by molar-refractivity contribution is 0.174. The molecule has 0 aliphatic carbocycles. The van der Waals surface area contributed by atoms with Crippen LogP contribution in [0.15, 0.2) is 36.4 Å². The molecule has 1 aromatic heterocycles. The minimum absolute atomic E-state index is 0.304. The van der Waals surface area contributed by atoms with Gasteiger partial charge in [0.25, 0.3) is 0 Å². The Morgan fingerprint density at radius 3 is 2.71 bits per heavy atom. The second-order valence-corrected chi connectivity index (χ2v) is 4.88. The Balaban J connectivity index is 1.62. The third-order valence-electron chi connectivity index (χ3n) is 3.22. The molecule has 0 fully saturated rings. The Bertz CT molecular complexity index is 616. The minimum atomic E-state index is 0.304. The van der Waals surface area contributed by atoms with Crippen molar-refractivity contribution in [2.45, 2.75) is 19.9 Å². The van der Waals surface area contributed by atoms with Gasteiger partial charge >= 0.3 is 0 Å². The van der Waals surface area contributed by atoms with Crippen LogP contribution in [0.1, 0.15) is 18.9 Å². The van der Waals surface area contributed by atoms with Crippen molar-refractivity contribution in [3.05, 3.63) is 42.0 Å². The number of ether oxygens (including phenoxy) is 2. The van der Waals surface area contributed by atoms with Gasteiger partial charge in [0.15, 0.2) is 11.5 Å². The second kappa shape index (κ2) is 6.35. The summed E-state index contributed by atoms with van der Waals surface area (Å²) in [6.07, 6.45) is 1.08. The topological polar surface area (TPSA) is 55.4 Å². The van der Waals surface area contributed by atoms with Gasteiger partial charge in [-0.25, -0.2) is 4.98 Å². The third kappa shape index (κ3) is 3.37. The van der Waals surface area contributed by atoms with Crippen molar-refractivity contribution in [3.63, 3.8) is 0 Å². The molecule has 0 atom stereocenters. The van der Waals surface area contributed by atoms with Crippen LogP contribution in [0.25, 0.3) is 0 Å². The maximum Gasteiger partial charge on any atom is 0.231 e. The van der Waals surface area contributed by atoms with Crippen LogP contribution < -0.4 is 20.1 Å². The quantitative estimate of drug-likeness (QED) is 0.853. The van der Waals surface area contributed by atoms with Gasteiger partial charge in [-0.15, -0.1) is 0 Å². The van der Waals surface area contributed by atoms with E-state index >= 15 is 0 Å². The highest BCUT2D eigenvalue weighted by atomic mass is 16.7. The van der Waals surface area contributed by atoms with Gasteiger partial charge in [0.05, 0.1) is 0 Å². The number of nitrogens with one attached hydrogen (secondary N) is 2. The largest absolute Gasteiger partial charge is 0.454 e. The number of pyridine rings is 1. The van der Waals surface area contributed by atoms with E-state index in [-0.39, 0.29) is 0 Å². The van der Waals surface area contributed by atoms with Crippen LogP contribution in [0.2, 0.25) is 0 Å². The van der Waals surface area contributed by atoms with E-state index in [4.69, 9.17) is 9.47 Å². The summed E-state index contributed by atoms with van der Waals surface area (Å²) < 4.78 is 10.7. The number of aromatic nitrogens is 1. The molecule has 5 heteroatoms. The highest BCUT2D eigenvalue weighted by Crippen LogP contribution is 2.32. The SMILES string of the molecule is CCCNc1cccc(NCc2ccc3c(c2)OCO3)n1. The van der Waals surface area contributed by atoms with E-state index in [0.29, 0.717) is 13.3 Å². The van der Waals surface area contributed by atoms with Crippen molar-refractivity contribution in [3.8, 4) is 11.5 Å². The molecule has 2 N–H and O–H groups in total. The first-order valence-corrected chi connectivity index (χ1v) is 7.18. The predicted octanol–water partition coefficient (Wildman–Crippen LogP) is 3.24. The Morgan fingerprint density at radius 2 is 1.86 bits per heavy atom. The first-order chi connectivity index (χ1) is 10.3. The van der Waals surface area contributed by atoms with E-state index in [1.165, 1.54) is 0 Å². The van der Waals surface area contributed by atoms with E-state index < -0.39 is 0 Å². The van der Waals surface area contributed by atoms with Crippen molar-refractivity contribution in [2.75, 3.05) is 24.0 Å². The van der Waals surface area contributed by atoms with Gasteiger partial charge in [0.2, 0.25) is 6.79 Å². The fourth-order valence-corrected chi connectivity index (χ4v) is 2.13. The number of hydrogen-bond acceptors (Lipinski definition) is 5. The third-order valence-corrected chi connectivity index (χ3v) is 3.22. The van der Waals surface area contributed by atoms with E-state index in [0.717, 1.165) is 41.7 Å².